The fourth-order valence-corrected chi connectivity index (χ4v) is 3.69. The van der Waals surface area contributed by atoms with E-state index in [0.717, 1.165) is 12.8 Å². The van der Waals surface area contributed by atoms with Gasteiger partial charge >= 0.3 is 5.97 Å². The molecule has 2 unspecified atom stereocenters. The summed E-state index contributed by atoms with van der Waals surface area (Å²) in [6.45, 7) is 2.01. The Labute approximate surface area is 118 Å². The molecule has 0 aromatic heterocycles. The van der Waals surface area contributed by atoms with Crippen molar-refractivity contribution in [3.8, 4) is 0 Å². The molecule has 0 bridgehead atoms. The minimum Gasteiger partial charge on any atom is -0.465 e. The van der Waals surface area contributed by atoms with E-state index in [4.69, 9.17) is 5.73 Å². The average molecular weight is 298 g/mol. The lowest BCUT2D eigenvalue weighted by molar-refractivity contribution is 0.0596. The molecule has 0 radical (unpaired) electrons. The summed E-state index contributed by atoms with van der Waals surface area (Å²) >= 11 is 0. The molecule has 1 aromatic carbocycles. The van der Waals surface area contributed by atoms with Gasteiger partial charge in [0.1, 0.15) is 0 Å². The zero-order chi connectivity index (χ0) is 14.9. The molecule has 0 aliphatic heterocycles. The van der Waals surface area contributed by atoms with Crippen molar-refractivity contribution in [3.05, 3.63) is 23.8 Å². The summed E-state index contributed by atoms with van der Waals surface area (Å²) in [5.74, 6) is -0.333. The molecule has 1 fully saturated rings. The number of carbonyl (C=O) groups is 1. The summed E-state index contributed by atoms with van der Waals surface area (Å²) in [6, 6.07) is 4.05. The van der Waals surface area contributed by atoms with Gasteiger partial charge in [0.05, 0.1) is 17.6 Å². The molecule has 1 aliphatic rings. The van der Waals surface area contributed by atoms with Crippen LogP contribution in [0.1, 0.15) is 30.1 Å². The predicted octanol–water partition coefficient (Wildman–Crippen LogP) is 1.13. The highest BCUT2D eigenvalue weighted by Crippen LogP contribution is 2.34. The van der Waals surface area contributed by atoms with E-state index in [2.05, 4.69) is 9.46 Å². The lowest BCUT2D eigenvalue weighted by Gasteiger charge is -2.11. The molecule has 3 N–H and O–H groups in total. The molecular formula is C13H18N2O4S. The molecule has 1 aliphatic carbocycles. The number of nitrogen functional groups attached to an aromatic ring is 1. The van der Waals surface area contributed by atoms with Crippen LogP contribution in [0.4, 0.5) is 5.69 Å². The lowest BCUT2D eigenvalue weighted by atomic mass is 10.2. The topological polar surface area (TPSA) is 98.5 Å². The Bertz CT molecular complexity index is 627. The van der Waals surface area contributed by atoms with E-state index in [1.807, 2.05) is 6.92 Å². The first kappa shape index (κ1) is 14.8. The summed E-state index contributed by atoms with van der Waals surface area (Å²) in [7, 11) is -2.57. The van der Waals surface area contributed by atoms with Crippen molar-refractivity contribution >= 4 is 21.7 Å². The van der Waals surface area contributed by atoms with Gasteiger partial charge in [-0.25, -0.2) is 17.9 Å². The van der Waals surface area contributed by atoms with Crippen LogP contribution in [0.15, 0.2) is 23.1 Å². The summed E-state index contributed by atoms with van der Waals surface area (Å²) in [6.07, 6.45) is 1.75. The third kappa shape index (κ3) is 2.94. The first-order chi connectivity index (χ1) is 9.39. The molecule has 0 amide bonds. The molecule has 1 saturated carbocycles. The maximum Gasteiger partial charge on any atom is 0.339 e. The van der Waals surface area contributed by atoms with E-state index in [1.165, 1.54) is 25.3 Å². The molecule has 110 valence electrons. The van der Waals surface area contributed by atoms with E-state index in [1.54, 1.807) is 0 Å². The second-order valence-electron chi connectivity index (χ2n) is 4.88. The highest BCUT2D eigenvalue weighted by Gasteiger charge is 2.39. The van der Waals surface area contributed by atoms with Crippen LogP contribution < -0.4 is 10.5 Å². The number of hydrogen-bond donors (Lipinski definition) is 2. The number of sulfonamides is 1. The number of anilines is 1. The molecule has 7 heteroatoms. The lowest BCUT2D eigenvalue weighted by Crippen LogP contribution is -2.28. The molecule has 2 atom stereocenters. The predicted molar refractivity (Wildman–Crippen MR) is 74.7 cm³/mol. The number of rotatable bonds is 5. The summed E-state index contributed by atoms with van der Waals surface area (Å²) in [5, 5.41) is 0. The number of ether oxygens (including phenoxy) is 1. The number of nitrogens with one attached hydrogen (secondary N) is 1. The van der Waals surface area contributed by atoms with Crippen LogP contribution in [0.2, 0.25) is 0 Å². The van der Waals surface area contributed by atoms with Gasteiger partial charge in [-0.05, 0) is 30.5 Å². The van der Waals surface area contributed by atoms with E-state index in [0.29, 0.717) is 5.92 Å². The zero-order valence-corrected chi connectivity index (χ0v) is 12.2. The summed E-state index contributed by atoms with van der Waals surface area (Å²) < 4.78 is 31.9. The zero-order valence-electron chi connectivity index (χ0n) is 11.4. The van der Waals surface area contributed by atoms with Gasteiger partial charge in [0.15, 0.2) is 0 Å². The first-order valence-corrected chi connectivity index (χ1v) is 7.87. The second-order valence-corrected chi connectivity index (χ2v) is 6.56. The molecular weight excluding hydrogens is 280 g/mol. The number of carbonyl (C=O) groups excluding carboxylic acids is 1. The van der Waals surface area contributed by atoms with Gasteiger partial charge in [-0.2, -0.15) is 0 Å². The fraction of sp³-hybridized carbons (Fsp3) is 0.462. The quantitative estimate of drug-likeness (QED) is 0.627. The molecule has 1 aromatic rings. The minimum atomic E-state index is -3.78. The monoisotopic (exact) mass is 298 g/mol. The third-order valence-electron chi connectivity index (χ3n) is 3.45. The number of hydrogen-bond acceptors (Lipinski definition) is 5. The van der Waals surface area contributed by atoms with Crippen molar-refractivity contribution in [2.45, 2.75) is 30.7 Å². The Balaban J connectivity index is 2.35. The Hall–Kier alpha value is -1.60. The number of methoxy groups -OCH3 is 1. The molecule has 0 spiro atoms. The van der Waals surface area contributed by atoms with Gasteiger partial charge in [-0.3, -0.25) is 0 Å². The normalized spacial score (nSPS) is 21.5. The van der Waals surface area contributed by atoms with Gasteiger partial charge in [0.25, 0.3) is 0 Å². The Morgan fingerprint density at radius 1 is 1.50 bits per heavy atom. The molecule has 0 saturated heterocycles. The van der Waals surface area contributed by atoms with Crippen molar-refractivity contribution in [2.75, 3.05) is 12.8 Å². The maximum atomic E-state index is 12.4. The van der Waals surface area contributed by atoms with Gasteiger partial charge in [0, 0.05) is 11.7 Å². The number of nitrogens with two attached hydrogens (primary N) is 1. The van der Waals surface area contributed by atoms with Crippen molar-refractivity contribution in [1.82, 2.24) is 4.72 Å². The number of benzene rings is 1. The van der Waals surface area contributed by atoms with Gasteiger partial charge in [-0.15, -0.1) is 0 Å². The maximum absolute atomic E-state index is 12.4. The highest BCUT2D eigenvalue weighted by atomic mass is 32.2. The highest BCUT2D eigenvalue weighted by molar-refractivity contribution is 7.89. The van der Waals surface area contributed by atoms with Gasteiger partial charge < -0.3 is 10.5 Å². The Kier molecular flexibility index (Phi) is 4.01. The molecule has 20 heavy (non-hydrogen) atoms. The van der Waals surface area contributed by atoms with Crippen molar-refractivity contribution in [3.63, 3.8) is 0 Å². The van der Waals surface area contributed by atoms with E-state index < -0.39 is 16.0 Å². The second kappa shape index (κ2) is 5.41. The van der Waals surface area contributed by atoms with Crippen LogP contribution in [0.5, 0.6) is 0 Å². The van der Waals surface area contributed by atoms with E-state index >= 15 is 0 Å². The van der Waals surface area contributed by atoms with Crippen LogP contribution in [0, 0.1) is 5.92 Å². The smallest absolute Gasteiger partial charge is 0.339 e. The first-order valence-electron chi connectivity index (χ1n) is 6.39. The summed E-state index contributed by atoms with van der Waals surface area (Å²) in [4.78, 5) is 11.5. The van der Waals surface area contributed by atoms with Crippen LogP contribution in [-0.2, 0) is 14.8 Å². The Morgan fingerprint density at radius 2 is 2.20 bits per heavy atom. The van der Waals surface area contributed by atoms with E-state index in [9.17, 15) is 13.2 Å². The van der Waals surface area contributed by atoms with Crippen LogP contribution >= 0.6 is 0 Å². The summed E-state index contributed by atoms with van der Waals surface area (Å²) in [5.41, 5.74) is 5.89. The largest absolute Gasteiger partial charge is 0.465 e. The molecule has 6 nitrogen and oxygen atoms in total. The van der Waals surface area contributed by atoms with Gasteiger partial charge in [-0.1, -0.05) is 13.3 Å². The van der Waals surface area contributed by atoms with Crippen molar-refractivity contribution < 1.29 is 17.9 Å². The van der Waals surface area contributed by atoms with E-state index in [-0.39, 0.29) is 22.2 Å². The van der Waals surface area contributed by atoms with Crippen molar-refractivity contribution in [1.29, 1.82) is 0 Å². The third-order valence-corrected chi connectivity index (χ3v) is 4.98. The average Bonchev–Trinajstić information content (AvgIpc) is 3.15. The molecule has 2 rings (SSSR count). The molecule has 0 heterocycles. The van der Waals surface area contributed by atoms with Crippen LogP contribution in [0.25, 0.3) is 0 Å². The number of esters is 1. The van der Waals surface area contributed by atoms with Crippen LogP contribution in [0.3, 0.4) is 0 Å². The van der Waals surface area contributed by atoms with Crippen molar-refractivity contribution in [2.24, 2.45) is 5.92 Å². The fourth-order valence-electron chi connectivity index (χ4n) is 2.15. The standard InChI is InChI=1S/C13H18N2O4S/c1-3-8-6-11(8)15-20(17,18)12-7-9(14)4-5-10(12)13(16)19-2/h4-5,7-8,11,15H,3,6,14H2,1-2H3. The van der Waals surface area contributed by atoms with Gasteiger partial charge in [0.2, 0.25) is 10.0 Å². The minimum absolute atomic E-state index is 0.0112. The SMILES string of the molecule is CCC1CC1NS(=O)(=O)c1cc(N)ccc1C(=O)OC. The Morgan fingerprint density at radius 3 is 2.75 bits per heavy atom. The van der Waals surface area contributed by atoms with Crippen LogP contribution in [-0.4, -0.2) is 27.5 Å².